The van der Waals surface area contributed by atoms with Gasteiger partial charge in [-0.3, -0.25) is 4.79 Å². The van der Waals surface area contributed by atoms with E-state index in [1.54, 1.807) is 11.3 Å². The smallest absolute Gasteiger partial charge is 0.313 e. The number of rotatable bonds is 2. The van der Waals surface area contributed by atoms with Crippen LogP contribution in [0.15, 0.2) is 0 Å². The Balaban J connectivity index is 2.08. The normalized spacial score (nSPS) is 14.4. The molecule has 2 aromatic rings. The molecule has 0 spiro atoms. The second-order valence-electron chi connectivity index (χ2n) is 4.57. The number of nitrogens with zero attached hydrogens (tertiary/aromatic N) is 2. The molecular weight excluding hydrogens is 284 g/mol. The van der Waals surface area contributed by atoms with Crippen molar-refractivity contribution in [2.24, 2.45) is 0 Å². The Hall–Kier alpha value is -1.20. The third-order valence-electron chi connectivity index (χ3n) is 3.35. The fraction of sp³-hybridized carbons (Fsp3) is 0.462. The second kappa shape index (κ2) is 5.06. The van der Waals surface area contributed by atoms with E-state index in [-0.39, 0.29) is 12.4 Å². The molecule has 0 radical (unpaired) electrons. The number of esters is 1. The van der Waals surface area contributed by atoms with E-state index < -0.39 is 0 Å². The molecule has 6 heteroatoms. The molecule has 19 heavy (non-hydrogen) atoms. The van der Waals surface area contributed by atoms with Crippen molar-refractivity contribution in [1.82, 2.24) is 9.97 Å². The number of fused-ring (bicyclic) bond motifs is 3. The van der Waals surface area contributed by atoms with Crippen molar-refractivity contribution in [1.29, 1.82) is 0 Å². The van der Waals surface area contributed by atoms with Crippen LogP contribution in [0.1, 0.15) is 29.1 Å². The number of aromatic nitrogens is 2. The summed E-state index contributed by atoms with van der Waals surface area (Å²) in [6.45, 7) is 0. The molecule has 0 aliphatic heterocycles. The van der Waals surface area contributed by atoms with Crippen molar-refractivity contribution in [3.8, 4) is 0 Å². The number of thiophene rings is 1. The first-order valence-corrected chi connectivity index (χ1v) is 7.42. The van der Waals surface area contributed by atoms with Gasteiger partial charge in [0.1, 0.15) is 22.2 Å². The van der Waals surface area contributed by atoms with E-state index >= 15 is 0 Å². The number of ether oxygens (including phenoxy) is 1. The molecule has 2 aromatic heterocycles. The number of halogens is 1. The Labute approximate surface area is 119 Å². The first-order valence-electron chi connectivity index (χ1n) is 6.22. The maximum Gasteiger partial charge on any atom is 0.313 e. The maximum atomic E-state index is 11.3. The maximum absolute atomic E-state index is 11.3. The highest BCUT2D eigenvalue weighted by atomic mass is 35.5. The summed E-state index contributed by atoms with van der Waals surface area (Å²) in [5.41, 5.74) is 1.31. The molecule has 0 atom stereocenters. The molecule has 1 aliphatic rings. The van der Waals surface area contributed by atoms with E-state index in [1.807, 2.05) is 0 Å². The van der Waals surface area contributed by atoms with Crippen molar-refractivity contribution in [3.05, 3.63) is 21.4 Å². The summed E-state index contributed by atoms with van der Waals surface area (Å²) in [6, 6.07) is 0. The molecule has 1 aliphatic carbocycles. The number of aryl methyl sites for hydroxylation is 2. The van der Waals surface area contributed by atoms with Crippen LogP contribution in [0.3, 0.4) is 0 Å². The summed E-state index contributed by atoms with van der Waals surface area (Å²) >= 11 is 7.95. The highest BCUT2D eigenvalue weighted by Gasteiger charge is 2.20. The second-order valence-corrected chi connectivity index (χ2v) is 6.02. The molecule has 0 bridgehead atoms. The van der Waals surface area contributed by atoms with Gasteiger partial charge in [-0.2, -0.15) is 0 Å². The van der Waals surface area contributed by atoms with Crippen molar-refractivity contribution in [2.45, 2.75) is 32.1 Å². The van der Waals surface area contributed by atoms with Crippen LogP contribution in [-0.2, 0) is 28.8 Å². The topological polar surface area (TPSA) is 52.1 Å². The standard InChI is InChI=1S/C13H13ClN2O2S/c1-18-10(17)6-9-15-12(14)11-7-4-2-3-5-8(7)19-13(11)16-9/h2-6H2,1H3. The van der Waals surface area contributed by atoms with Crippen LogP contribution in [0.4, 0.5) is 0 Å². The number of carbonyl (C=O) groups is 1. The van der Waals surface area contributed by atoms with Crippen molar-refractivity contribution < 1.29 is 9.53 Å². The molecule has 2 heterocycles. The zero-order chi connectivity index (χ0) is 13.4. The van der Waals surface area contributed by atoms with Crippen LogP contribution in [0.5, 0.6) is 0 Å². The zero-order valence-corrected chi connectivity index (χ0v) is 12.1. The first-order chi connectivity index (χ1) is 9.19. The Bertz CT molecular complexity index is 654. The van der Waals surface area contributed by atoms with Gasteiger partial charge in [0.25, 0.3) is 0 Å². The van der Waals surface area contributed by atoms with Crippen LogP contribution in [0, 0.1) is 0 Å². The van der Waals surface area contributed by atoms with Crippen molar-refractivity contribution in [2.75, 3.05) is 7.11 Å². The summed E-state index contributed by atoms with van der Waals surface area (Å²) in [6.07, 6.45) is 4.63. The summed E-state index contributed by atoms with van der Waals surface area (Å²) < 4.78 is 4.63. The SMILES string of the molecule is COC(=O)Cc1nc(Cl)c2c3c(sc2n1)CCCC3. The van der Waals surface area contributed by atoms with E-state index in [0.29, 0.717) is 11.0 Å². The lowest BCUT2D eigenvalue weighted by Crippen LogP contribution is -2.08. The summed E-state index contributed by atoms with van der Waals surface area (Å²) in [7, 11) is 1.35. The summed E-state index contributed by atoms with van der Waals surface area (Å²) in [5, 5.41) is 1.44. The number of methoxy groups -OCH3 is 1. The average molecular weight is 297 g/mol. The minimum atomic E-state index is -0.350. The molecule has 0 saturated carbocycles. The van der Waals surface area contributed by atoms with Crippen LogP contribution in [0.2, 0.25) is 5.15 Å². The minimum Gasteiger partial charge on any atom is -0.469 e. The lowest BCUT2D eigenvalue weighted by atomic mass is 9.97. The lowest BCUT2D eigenvalue weighted by molar-refractivity contribution is -0.139. The van der Waals surface area contributed by atoms with E-state index in [1.165, 1.54) is 30.4 Å². The van der Waals surface area contributed by atoms with Gasteiger partial charge in [0.05, 0.1) is 12.5 Å². The Morgan fingerprint density at radius 3 is 2.95 bits per heavy atom. The fourth-order valence-corrected chi connectivity index (χ4v) is 4.07. The van der Waals surface area contributed by atoms with Crippen molar-refractivity contribution in [3.63, 3.8) is 0 Å². The van der Waals surface area contributed by atoms with Gasteiger partial charge in [0.2, 0.25) is 0 Å². The van der Waals surface area contributed by atoms with Crippen LogP contribution >= 0.6 is 22.9 Å². The molecule has 3 rings (SSSR count). The van der Waals surface area contributed by atoms with Gasteiger partial charge >= 0.3 is 5.97 Å². The number of hydrogen-bond donors (Lipinski definition) is 0. The zero-order valence-electron chi connectivity index (χ0n) is 10.5. The number of carbonyl (C=O) groups excluding carboxylic acids is 1. The van der Waals surface area contributed by atoms with Gasteiger partial charge in [-0.25, -0.2) is 9.97 Å². The fourth-order valence-electron chi connectivity index (χ4n) is 2.43. The van der Waals surface area contributed by atoms with Crippen molar-refractivity contribution >= 4 is 39.1 Å². The number of hydrogen-bond acceptors (Lipinski definition) is 5. The van der Waals surface area contributed by atoms with Crippen LogP contribution < -0.4 is 0 Å². The summed E-state index contributed by atoms with van der Waals surface area (Å²) in [5.74, 6) is 0.0830. The molecule has 0 unspecified atom stereocenters. The monoisotopic (exact) mass is 296 g/mol. The van der Waals surface area contributed by atoms with E-state index in [4.69, 9.17) is 11.6 Å². The highest BCUT2D eigenvalue weighted by Crippen LogP contribution is 2.38. The Morgan fingerprint density at radius 2 is 2.16 bits per heavy atom. The molecular formula is C13H13ClN2O2S. The highest BCUT2D eigenvalue weighted by molar-refractivity contribution is 7.19. The Morgan fingerprint density at radius 1 is 1.37 bits per heavy atom. The van der Waals surface area contributed by atoms with Gasteiger partial charge in [-0.15, -0.1) is 11.3 Å². The van der Waals surface area contributed by atoms with Gasteiger partial charge in [-0.1, -0.05) is 11.6 Å². The molecule has 0 N–H and O–H groups in total. The van der Waals surface area contributed by atoms with Crippen LogP contribution in [-0.4, -0.2) is 23.0 Å². The summed E-state index contributed by atoms with van der Waals surface area (Å²) in [4.78, 5) is 22.2. The first kappa shape index (κ1) is 12.8. The quantitative estimate of drug-likeness (QED) is 0.631. The molecule has 0 aromatic carbocycles. The third kappa shape index (κ3) is 2.32. The average Bonchev–Trinajstić information content (AvgIpc) is 2.76. The van der Waals surface area contributed by atoms with Gasteiger partial charge in [0.15, 0.2) is 0 Å². The lowest BCUT2D eigenvalue weighted by Gasteiger charge is -2.10. The molecule has 100 valence electrons. The molecule has 4 nitrogen and oxygen atoms in total. The Kier molecular flexibility index (Phi) is 3.41. The predicted octanol–water partition coefficient (Wildman–Crippen LogP) is 2.94. The van der Waals surface area contributed by atoms with Gasteiger partial charge in [0, 0.05) is 4.88 Å². The van der Waals surface area contributed by atoms with E-state index in [9.17, 15) is 4.79 Å². The predicted molar refractivity (Wildman–Crippen MR) is 74.8 cm³/mol. The largest absolute Gasteiger partial charge is 0.469 e. The molecule has 0 saturated heterocycles. The van der Waals surface area contributed by atoms with Gasteiger partial charge < -0.3 is 4.74 Å². The molecule has 0 fully saturated rings. The van der Waals surface area contributed by atoms with E-state index in [2.05, 4.69) is 14.7 Å². The third-order valence-corrected chi connectivity index (χ3v) is 4.81. The van der Waals surface area contributed by atoms with E-state index in [0.717, 1.165) is 23.1 Å². The van der Waals surface area contributed by atoms with Crippen LogP contribution in [0.25, 0.3) is 10.2 Å². The molecule has 0 amide bonds. The minimum absolute atomic E-state index is 0.0642. The van der Waals surface area contributed by atoms with Gasteiger partial charge in [-0.05, 0) is 31.2 Å².